The Kier molecular flexibility index (Phi) is 4.20. The molecule has 1 atom stereocenters. The third kappa shape index (κ3) is 2.82. The highest BCUT2D eigenvalue weighted by Gasteiger charge is 2.27. The summed E-state index contributed by atoms with van der Waals surface area (Å²) in [5, 5.41) is 9.02. The van der Waals surface area contributed by atoms with Crippen molar-refractivity contribution in [2.24, 2.45) is 0 Å². The van der Waals surface area contributed by atoms with Gasteiger partial charge >= 0.3 is 5.97 Å². The number of para-hydroxylation sites is 1. The molecule has 0 aromatic heterocycles. The van der Waals surface area contributed by atoms with Crippen LogP contribution in [0.1, 0.15) is 31.4 Å². The van der Waals surface area contributed by atoms with E-state index in [0.29, 0.717) is 6.61 Å². The van der Waals surface area contributed by atoms with Crippen LogP contribution in [0.4, 0.5) is 0 Å². The summed E-state index contributed by atoms with van der Waals surface area (Å²) >= 11 is 0. The third-order valence-corrected chi connectivity index (χ3v) is 3.22. The zero-order valence-electron chi connectivity index (χ0n) is 10.6. The fraction of sp³-hybridized carbons (Fsp3) is 0.500. The Bertz CT molecular complexity index is 419. The van der Waals surface area contributed by atoms with Gasteiger partial charge in [-0.3, -0.25) is 9.69 Å². The van der Waals surface area contributed by atoms with E-state index in [-0.39, 0.29) is 12.6 Å². The van der Waals surface area contributed by atoms with Gasteiger partial charge in [0.25, 0.3) is 0 Å². The van der Waals surface area contributed by atoms with Crippen LogP contribution in [-0.4, -0.2) is 35.7 Å². The second-order valence-corrected chi connectivity index (χ2v) is 4.55. The molecule has 1 unspecified atom stereocenters. The van der Waals surface area contributed by atoms with Crippen LogP contribution in [0.2, 0.25) is 0 Å². The average molecular weight is 249 g/mol. The first kappa shape index (κ1) is 12.9. The number of hydrogen-bond acceptors (Lipinski definition) is 3. The second kappa shape index (κ2) is 5.87. The summed E-state index contributed by atoms with van der Waals surface area (Å²) in [6, 6.07) is 8.07. The van der Waals surface area contributed by atoms with Gasteiger partial charge in [0.05, 0.1) is 13.2 Å². The van der Waals surface area contributed by atoms with Gasteiger partial charge in [-0.05, 0) is 19.0 Å². The number of carbonyl (C=O) groups is 1. The number of aliphatic carboxylic acids is 1. The van der Waals surface area contributed by atoms with Crippen molar-refractivity contribution in [3.05, 3.63) is 29.8 Å². The van der Waals surface area contributed by atoms with Crippen molar-refractivity contribution in [3.8, 4) is 5.75 Å². The summed E-state index contributed by atoms with van der Waals surface area (Å²) in [4.78, 5) is 13.0. The molecule has 0 saturated carbocycles. The van der Waals surface area contributed by atoms with E-state index in [9.17, 15) is 4.79 Å². The molecule has 18 heavy (non-hydrogen) atoms. The summed E-state index contributed by atoms with van der Waals surface area (Å²) in [5.41, 5.74) is 1.11. The lowest BCUT2D eigenvalue weighted by atomic mass is 9.98. The minimum atomic E-state index is -0.771. The van der Waals surface area contributed by atoms with E-state index in [0.717, 1.165) is 30.7 Å². The van der Waals surface area contributed by atoms with Gasteiger partial charge in [-0.2, -0.15) is 0 Å². The monoisotopic (exact) mass is 249 g/mol. The molecule has 0 amide bonds. The van der Waals surface area contributed by atoms with Crippen molar-refractivity contribution in [3.63, 3.8) is 0 Å². The van der Waals surface area contributed by atoms with Gasteiger partial charge in [0.1, 0.15) is 5.75 Å². The van der Waals surface area contributed by atoms with E-state index in [2.05, 4.69) is 6.92 Å². The van der Waals surface area contributed by atoms with Crippen LogP contribution < -0.4 is 4.74 Å². The van der Waals surface area contributed by atoms with Crippen molar-refractivity contribution in [2.75, 3.05) is 19.7 Å². The third-order valence-electron chi connectivity index (χ3n) is 3.22. The molecule has 0 radical (unpaired) electrons. The van der Waals surface area contributed by atoms with Crippen LogP contribution in [0.3, 0.4) is 0 Å². The molecule has 1 aliphatic rings. The summed E-state index contributed by atoms with van der Waals surface area (Å²) in [7, 11) is 0. The highest BCUT2D eigenvalue weighted by Crippen LogP contribution is 2.35. The predicted molar refractivity (Wildman–Crippen MR) is 68.8 cm³/mol. The number of benzene rings is 1. The second-order valence-electron chi connectivity index (χ2n) is 4.55. The number of rotatable bonds is 5. The van der Waals surface area contributed by atoms with Gasteiger partial charge in [-0.1, -0.05) is 25.1 Å². The fourth-order valence-corrected chi connectivity index (χ4v) is 2.51. The number of carboxylic acid groups (broad SMARTS) is 1. The molecular weight excluding hydrogens is 230 g/mol. The number of hydrogen-bond donors (Lipinski definition) is 1. The maximum absolute atomic E-state index is 11.0. The fourth-order valence-electron chi connectivity index (χ4n) is 2.51. The van der Waals surface area contributed by atoms with Crippen molar-refractivity contribution >= 4 is 5.97 Å². The van der Waals surface area contributed by atoms with Gasteiger partial charge in [-0.15, -0.1) is 0 Å². The van der Waals surface area contributed by atoms with E-state index in [1.54, 1.807) is 0 Å². The normalized spacial score (nSPS) is 18.2. The first-order chi connectivity index (χ1) is 8.72. The van der Waals surface area contributed by atoms with Crippen LogP contribution >= 0.6 is 0 Å². The highest BCUT2D eigenvalue weighted by molar-refractivity contribution is 5.69. The lowest BCUT2D eigenvalue weighted by Gasteiger charge is -2.34. The largest absolute Gasteiger partial charge is 0.493 e. The zero-order chi connectivity index (χ0) is 13.0. The molecule has 0 fully saturated rings. The molecule has 0 aliphatic carbocycles. The Hall–Kier alpha value is -1.55. The molecule has 1 heterocycles. The minimum Gasteiger partial charge on any atom is -0.493 e. The highest BCUT2D eigenvalue weighted by atomic mass is 16.5. The molecule has 1 aliphatic heterocycles. The SMILES string of the molecule is CCCN(CC(=O)O)C1CCOc2ccccc21. The van der Waals surface area contributed by atoms with Gasteiger partial charge in [0.15, 0.2) is 0 Å². The van der Waals surface area contributed by atoms with Gasteiger partial charge in [-0.25, -0.2) is 0 Å². The van der Waals surface area contributed by atoms with Gasteiger partial charge < -0.3 is 9.84 Å². The molecule has 1 aromatic carbocycles. The molecule has 0 spiro atoms. The Balaban J connectivity index is 2.23. The molecule has 1 aromatic rings. The lowest BCUT2D eigenvalue weighted by molar-refractivity contribution is -0.139. The van der Waals surface area contributed by atoms with E-state index >= 15 is 0 Å². The van der Waals surface area contributed by atoms with E-state index < -0.39 is 5.97 Å². The average Bonchev–Trinajstić information content (AvgIpc) is 2.37. The first-order valence-corrected chi connectivity index (χ1v) is 6.40. The lowest BCUT2D eigenvalue weighted by Crippen LogP contribution is -2.36. The van der Waals surface area contributed by atoms with E-state index in [1.807, 2.05) is 29.2 Å². The summed E-state index contributed by atoms with van der Waals surface area (Å²) < 4.78 is 5.61. The van der Waals surface area contributed by atoms with Crippen LogP contribution in [0.25, 0.3) is 0 Å². The van der Waals surface area contributed by atoms with Crippen molar-refractivity contribution in [2.45, 2.75) is 25.8 Å². The van der Waals surface area contributed by atoms with E-state index in [4.69, 9.17) is 9.84 Å². The van der Waals surface area contributed by atoms with Crippen LogP contribution in [0.5, 0.6) is 5.75 Å². The topological polar surface area (TPSA) is 49.8 Å². The zero-order valence-corrected chi connectivity index (χ0v) is 10.6. The predicted octanol–water partition coefficient (Wildman–Crippen LogP) is 2.31. The maximum Gasteiger partial charge on any atom is 0.317 e. The maximum atomic E-state index is 11.0. The number of carboxylic acids is 1. The molecule has 0 saturated heterocycles. The molecule has 98 valence electrons. The molecule has 0 bridgehead atoms. The van der Waals surface area contributed by atoms with Crippen LogP contribution in [0, 0.1) is 0 Å². The molecule has 4 nitrogen and oxygen atoms in total. The Labute approximate surface area is 107 Å². The van der Waals surface area contributed by atoms with Crippen molar-refractivity contribution in [1.29, 1.82) is 0 Å². The quantitative estimate of drug-likeness (QED) is 0.870. The Morgan fingerprint density at radius 1 is 1.50 bits per heavy atom. The summed E-state index contributed by atoms with van der Waals surface area (Å²) in [6.45, 7) is 3.61. The Morgan fingerprint density at radius 2 is 2.28 bits per heavy atom. The summed E-state index contributed by atoms with van der Waals surface area (Å²) in [5.74, 6) is 0.118. The van der Waals surface area contributed by atoms with Crippen LogP contribution in [0.15, 0.2) is 24.3 Å². The summed E-state index contributed by atoms with van der Waals surface area (Å²) in [6.07, 6.45) is 1.80. The van der Waals surface area contributed by atoms with Crippen LogP contribution in [-0.2, 0) is 4.79 Å². The van der Waals surface area contributed by atoms with Gasteiger partial charge in [0.2, 0.25) is 0 Å². The molecule has 1 N–H and O–H groups in total. The molecule has 4 heteroatoms. The van der Waals surface area contributed by atoms with Crippen molar-refractivity contribution in [1.82, 2.24) is 4.90 Å². The molecule has 2 rings (SSSR count). The smallest absolute Gasteiger partial charge is 0.317 e. The standard InChI is InChI=1S/C14H19NO3/c1-2-8-15(10-14(16)17)12-7-9-18-13-6-4-3-5-11(12)13/h3-6,12H,2,7-10H2,1H3,(H,16,17). The Morgan fingerprint density at radius 3 is 3.00 bits per heavy atom. The first-order valence-electron chi connectivity index (χ1n) is 6.40. The number of nitrogens with zero attached hydrogens (tertiary/aromatic N) is 1. The minimum absolute atomic E-state index is 0.0901. The number of fused-ring (bicyclic) bond motifs is 1. The number of ether oxygens (including phenoxy) is 1. The molecular formula is C14H19NO3. The van der Waals surface area contributed by atoms with E-state index in [1.165, 1.54) is 0 Å². The van der Waals surface area contributed by atoms with Gasteiger partial charge in [0, 0.05) is 18.0 Å². The van der Waals surface area contributed by atoms with Crippen molar-refractivity contribution < 1.29 is 14.6 Å².